The van der Waals surface area contributed by atoms with Gasteiger partial charge in [0, 0.05) is 57.3 Å². The van der Waals surface area contributed by atoms with Gasteiger partial charge in [-0.05, 0) is 51.1 Å². The summed E-state index contributed by atoms with van der Waals surface area (Å²) < 4.78 is 0. The van der Waals surface area contributed by atoms with E-state index in [0.29, 0.717) is 6.04 Å². The van der Waals surface area contributed by atoms with E-state index in [-0.39, 0.29) is 12.5 Å². The van der Waals surface area contributed by atoms with Crippen molar-refractivity contribution in [1.82, 2.24) is 14.9 Å². The maximum Gasteiger partial charge on any atom is 0.225 e. The Hall–Kier alpha value is -2.18. The van der Waals surface area contributed by atoms with Crippen molar-refractivity contribution >= 4 is 11.6 Å². The molecule has 0 saturated carbocycles. The van der Waals surface area contributed by atoms with E-state index < -0.39 is 0 Å². The summed E-state index contributed by atoms with van der Waals surface area (Å²) >= 11 is 0. The normalized spacial score (nSPS) is 20.6. The molecule has 0 unspecified atom stereocenters. The molecule has 0 radical (unpaired) electrons. The van der Waals surface area contributed by atoms with Gasteiger partial charge in [-0.25, -0.2) is 9.97 Å². The predicted octanol–water partition coefficient (Wildman–Crippen LogP) is 2.35. The number of hydrogen-bond acceptors (Lipinski definition) is 6. The predicted molar refractivity (Wildman–Crippen MR) is 111 cm³/mol. The van der Waals surface area contributed by atoms with Crippen LogP contribution >= 0.6 is 0 Å². The standard InChI is InChI=1S/C21H31N5O/c1-24(2)18-9-6-17(7-10-18)20-11-12-22-21(23-20)26-13-16(15-27)5-8-19(14-26)25(3)4/h6-7,9-12,16,19,27H,5,8,13-15H2,1-4H3/t16-,19+/m0/s1. The molecule has 0 spiro atoms. The highest BCUT2D eigenvalue weighted by Crippen LogP contribution is 2.25. The number of aromatic nitrogens is 2. The number of rotatable bonds is 5. The smallest absolute Gasteiger partial charge is 0.225 e. The average molecular weight is 370 g/mol. The fourth-order valence-corrected chi connectivity index (χ4v) is 3.58. The fraction of sp³-hybridized carbons (Fsp3) is 0.524. The molecule has 1 saturated heterocycles. The number of aliphatic hydroxyl groups excluding tert-OH is 1. The van der Waals surface area contributed by atoms with Crippen LogP contribution < -0.4 is 9.80 Å². The van der Waals surface area contributed by atoms with Gasteiger partial charge in [0.15, 0.2) is 0 Å². The van der Waals surface area contributed by atoms with E-state index in [9.17, 15) is 5.11 Å². The molecule has 2 heterocycles. The summed E-state index contributed by atoms with van der Waals surface area (Å²) in [6, 6.07) is 10.8. The minimum absolute atomic E-state index is 0.211. The first kappa shape index (κ1) is 19.6. The Bertz CT molecular complexity index is 732. The molecule has 6 nitrogen and oxygen atoms in total. The molecule has 2 atom stereocenters. The first-order valence-corrected chi connectivity index (χ1v) is 9.61. The molecule has 1 N–H and O–H groups in total. The van der Waals surface area contributed by atoms with Crippen molar-refractivity contribution in [2.24, 2.45) is 5.92 Å². The number of hydrogen-bond donors (Lipinski definition) is 1. The monoisotopic (exact) mass is 369 g/mol. The van der Waals surface area contributed by atoms with Gasteiger partial charge in [0.05, 0.1) is 5.69 Å². The van der Waals surface area contributed by atoms with Gasteiger partial charge in [-0.15, -0.1) is 0 Å². The molecule has 1 aromatic carbocycles. The highest BCUT2D eigenvalue weighted by atomic mass is 16.3. The van der Waals surface area contributed by atoms with Gasteiger partial charge in [-0.3, -0.25) is 0 Å². The second-order valence-corrected chi connectivity index (χ2v) is 7.83. The molecule has 0 bridgehead atoms. The highest BCUT2D eigenvalue weighted by Gasteiger charge is 2.26. The lowest BCUT2D eigenvalue weighted by Gasteiger charge is -2.29. The lowest BCUT2D eigenvalue weighted by molar-refractivity contribution is 0.216. The van der Waals surface area contributed by atoms with Crippen LogP contribution in [-0.4, -0.2) is 73.9 Å². The summed E-state index contributed by atoms with van der Waals surface area (Å²) in [4.78, 5) is 16.0. The van der Waals surface area contributed by atoms with Crippen LogP contribution in [0.25, 0.3) is 11.3 Å². The third-order valence-corrected chi connectivity index (χ3v) is 5.41. The van der Waals surface area contributed by atoms with E-state index in [0.717, 1.165) is 43.1 Å². The van der Waals surface area contributed by atoms with E-state index in [2.05, 4.69) is 58.0 Å². The molecular weight excluding hydrogens is 338 g/mol. The van der Waals surface area contributed by atoms with Crippen LogP contribution in [0.1, 0.15) is 12.8 Å². The summed E-state index contributed by atoms with van der Waals surface area (Å²) in [6.07, 6.45) is 3.95. The second-order valence-electron chi connectivity index (χ2n) is 7.83. The Balaban J connectivity index is 1.86. The molecule has 0 amide bonds. The average Bonchev–Trinajstić information content (AvgIpc) is 2.91. The molecule has 2 aromatic rings. The number of aliphatic hydroxyl groups is 1. The van der Waals surface area contributed by atoms with Crippen molar-refractivity contribution < 1.29 is 5.11 Å². The van der Waals surface area contributed by atoms with Gasteiger partial charge in [0.25, 0.3) is 0 Å². The van der Waals surface area contributed by atoms with Crippen molar-refractivity contribution in [3.63, 3.8) is 0 Å². The zero-order valence-electron chi connectivity index (χ0n) is 16.8. The Labute approximate surface area is 162 Å². The first-order chi connectivity index (χ1) is 13.0. The number of nitrogens with zero attached hydrogens (tertiary/aromatic N) is 5. The second kappa shape index (κ2) is 8.67. The Morgan fingerprint density at radius 3 is 2.41 bits per heavy atom. The molecule has 0 aliphatic carbocycles. The SMILES string of the molecule is CN(C)c1ccc(-c2ccnc(N3C[C@@H](CO)CC[C@@H](N(C)C)C3)n2)cc1. The van der Waals surface area contributed by atoms with E-state index in [1.165, 1.54) is 5.69 Å². The van der Waals surface area contributed by atoms with Crippen LogP contribution in [0.5, 0.6) is 0 Å². The lowest BCUT2D eigenvalue weighted by atomic mass is 10.0. The van der Waals surface area contributed by atoms with Gasteiger partial charge < -0.3 is 19.8 Å². The minimum atomic E-state index is 0.211. The van der Waals surface area contributed by atoms with Crippen LogP contribution in [0.3, 0.4) is 0 Å². The third kappa shape index (κ3) is 4.76. The summed E-state index contributed by atoms with van der Waals surface area (Å²) in [5, 5.41) is 9.72. The first-order valence-electron chi connectivity index (χ1n) is 9.61. The summed E-state index contributed by atoms with van der Waals surface area (Å²) in [5.74, 6) is 1.01. The van der Waals surface area contributed by atoms with Gasteiger partial charge in [0.2, 0.25) is 5.95 Å². The zero-order valence-corrected chi connectivity index (χ0v) is 16.8. The maximum atomic E-state index is 9.72. The van der Waals surface area contributed by atoms with Crippen molar-refractivity contribution in [1.29, 1.82) is 0 Å². The topological polar surface area (TPSA) is 55.7 Å². The van der Waals surface area contributed by atoms with Crippen molar-refractivity contribution in [2.45, 2.75) is 18.9 Å². The zero-order chi connectivity index (χ0) is 19.4. The third-order valence-electron chi connectivity index (χ3n) is 5.41. The molecule has 1 fully saturated rings. The van der Waals surface area contributed by atoms with Crippen molar-refractivity contribution in [2.75, 3.05) is 57.7 Å². The Morgan fingerprint density at radius 2 is 1.78 bits per heavy atom. The van der Waals surface area contributed by atoms with Crippen LogP contribution in [-0.2, 0) is 0 Å². The highest BCUT2D eigenvalue weighted by molar-refractivity contribution is 5.63. The van der Waals surface area contributed by atoms with E-state index >= 15 is 0 Å². The molecule has 3 rings (SSSR count). The minimum Gasteiger partial charge on any atom is -0.396 e. The van der Waals surface area contributed by atoms with Crippen molar-refractivity contribution in [3.05, 3.63) is 36.5 Å². The quantitative estimate of drug-likeness (QED) is 0.873. The number of anilines is 2. The molecule has 1 aliphatic heterocycles. The summed E-state index contributed by atoms with van der Waals surface area (Å²) in [7, 11) is 8.31. The van der Waals surface area contributed by atoms with Gasteiger partial charge in [0.1, 0.15) is 0 Å². The molecule has 146 valence electrons. The largest absolute Gasteiger partial charge is 0.396 e. The van der Waals surface area contributed by atoms with E-state index in [1.807, 2.05) is 26.4 Å². The van der Waals surface area contributed by atoms with Crippen LogP contribution in [0.15, 0.2) is 36.5 Å². The fourth-order valence-electron chi connectivity index (χ4n) is 3.58. The molecule has 27 heavy (non-hydrogen) atoms. The maximum absolute atomic E-state index is 9.72. The lowest BCUT2D eigenvalue weighted by Crippen LogP contribution is -2.40. The van der Waals surface area contributed by atoms with Crippen LogP contribution in [0.2, 0.25) is 0 Å². The van der Waals surface area contributed by atoms with Crippen molar-refractivity contribution in [3.8, 4) is 11.3 Å². The molecule has 1 aliphatic rings. The van der Waals surface area contributed by atoms with E-state index in [1.54, 1.807) is 0 Å². The molecule has 1 aromatic heterocycles. The Morgan fingerprint density at radius 1 is 1.04 bits per heavy atom. The van der Waals surface area contributed by atoms with Gasteiger partial charge in [-0.2, -0.15) is 0 Å². The van der Waals surface area contributed by atoms with Crippen LogP contribution in [0.4, 0.5) is 11.6 Å². The summed E-state index contributed by atoms with van der Waals surface area (Å²) in [5.41, 5.74) is 3.18. The van der Waals surface area contributed by atoms with Gasteiger partial charge in [-0.1, -0.05) is 12.1 Å². The Kier molecular flexibility index (Phi) is 6.29. The van der Waals surface area contributed by atoms with Crippen LogP contribution in [0, 0.1) is 5.92 Å². The summed E-state index contributed by atoms with van der Waals surface area (Å²) in [6.45, 7) is 1.89. The van der Waals surface area contributed by atoms with Gasteiger partial charge >= 0.3 is 0 Å². The number of benzene rings is 1. The van der Waals surface area contributed by atoms with E-state index in [4.69, 9.17) is 4.98 Å². The number of likely N-dealkylation sites (N-methyl/N-ethyl adjacent to an activating group) is 1. The molecule has 6 heteroatoms. The molecular formula is C21H31N5O.